The summed E-state index contributed by atoms with van der Waals surface area (Å²) in [4.78, 5) is 0. The van der Waals surface area contributed by atoms with Crippen molar-refractivity contribution in [1.29, 1.82) is 0 Å². The summed E-state index contributed by atoms with van der Waals surface area (Å²) in [6.45, 7) is 6.55. The second kappa shape index (κ2) is 11.0. The van der Waals surface area contributed by atoms with Crippen LogP contribution in [-0.2, 0) is 19.7 Å². The third kappa shape index (κ3) is 6.00. The zero-order valence-electron chi connectivity index (χ0n) is 17.7. The molecule has 0 heterocycles. The number of rotatable bonds is 10. The standard InChI is InChI=1S/C25H28BrNO3/c1-4-29-24-14-20(15-27-16-21-10-5-6-11-23(21)28-3)13-22(26)25(24)30-17-19-9-7-8-18(2)12-19/h5-14,27H,4,15-17H2,1-3H3. The molecule has 0 spiro atoms. The molecule has 0 saturated heterocycles. The molecule has 0 unspecified atom stereocenters. The lowest BCUT2D eigenvalue weighted by Gasteiger charge is -2.16. The van der Waals surface area contributed by atoms with Crippen LogP contribution in [0.5, 0.6) is 17.2 Å². The zero-order valence-corrected chi connectivity index (χ0v) is 19.3. The molecule has 0 aliphatic rings. The molecule has 0 aromatic heterocycles. The van der Waals surface area contributed by atoms with Gasteiger partial charge in [0.2, 0.25) is 0 Å². The van der Waals surface area contributed by atoms with E-state index in [4.69, 9.17) is 14.2 Å². The van der Waals surface area contributed by atoms with E-state index in [-0.39, 0.29) is 0 Å². The van der Waals surface area contributed by atoms with Crippen molar-refractivity contribution in [3.63, 3.8) is 0 Å². The van der Waals surface area contributed by atoms with Crippen molar-refractivity contribution < 1.29 is 14.2 Å². The first-order chi connectivity index (χ1) is 14.6. The number of benzene rings is 3. The number of hydrogen-bond donors (Lipinski definition) is 1. The second-order valence-electron chi connectivity index (χ2n) is 7.03. The van der Waals surface area contributed by atoms with Gasteiger partial charge in [0.1, 0.15) is 12.4 Å². The van der Waals surface area contributed by atoms with Gasteiger partial charge in [-0.25, -0.2) is 0 Å². The molecular weight excluding hydrogens is 442 g/mol. The van der Waals surface area contributed by atoms with E-state index in [2.05, 4.69) is 58.5 Å². The third-order valence-corrected chi connectivity index (χ3v) is 5.26. The Bertz CT molecular complexity index is 974. The van der Waals surface area contributed by atoms with Gasteiger partial charge >= 0.3 is 0 Å². The van der Waals surface area contributed by atoms with E-state index in [1.54, 1.807) is 7.11 Å². The van der Waals surface area contributed by atoms with E-state index in [0.29, 0.717) is 19.8 Å². The Morgan fingerprint density at radius 2 is 1.70 bits per heavy atom. The van der Waals surface area contributed by atoms with Crippen molar-refractivity contribution in [3.8, 4) is 17.2 Å². The average Bonchev–Trinajstić information content (AvgIpc) is 2.74. The molecule has 0 fully saturated rings. The van der Waals surface area contributed by atoms with Crippen LogP contribution in [-0.4, -0.2) is 13.7 Å². The van der Waals surface area contributed by atoms with Crippen LogP contribution >= 0.6 is 15.9 Å². The fraction of sp³-hybridized carbons (Fsp3) is 0.280. The number of hydrogen-bond acceptors (Lipinski definition) is 4. The summed E-state index contributed by atoms with van der Waals surface area (Å²) in [5.41, 5.74) is 4.59. The number of nitrogens with one attached hydrogen (secondary N) is 1. The minimum absolute atomic E-state index is 0.492. The summed E-state index contributed by atoms with van der Waals surface area (Å²) in [6.07, 6.45) is 0. The molecule has 0 amide bonds. The van der Waals surface area contributed by atoms with E-state index in [9.17, 15) is 0 Å². The first kappa shape index (κ1) is 22.2. The number of para-hydroxylation sites is 1. The first-order valence-corrected chi connectivity index (χ1v) is 10.9. The second-order valence-corrected chi connectivity index (χ2v) is 7.89. The molecule has 3 rings (SSSR count). The van der Waals surface area contributed by atoms with Gasteiger partial charge in [-0.15, -0.1) is 0 Å². The topological polar surface area (TPSA) is 39.7 Å². The van der Waals surface area contributed by atoms with E-state index in [1.165, 1.54) is 5.56 Å². The summed E-state index contributed by atoms with van der Waals surface area (Å²) in [5.74, 6) is 2.36. The maximum atomic E-state index is 6.11. The fourth-order valence-corrected chi connectivity index (χ4v) is 3.88. The summed E-state index contributed by atoms with van der Waals surface area (Å²) in [7, 11) is 1.69. The molecular formula is C25H28BrNO3. The fourth-order valence-electron chi connectivity index (χ4n) is 3.27. The van der Waals surface area contributed by atoms with Crippen LogP contribution in [0.15, 0.2) is 65.1 Å². The molecule has 3 aromatic carbocycles. The molecule has 158 valence electrons. The Hall–Kier alpha value is -2.50. The van der Waals surface area contributed by atoms with Crippen LogP contribution in [0.25, 0.3) is 0 Å². The minimum Gasteiger partial charge on any atom is -0.496 e. The Labute approximate surface area is 187 Å². The van der Waals surface area contributed by atoms with E-state index in [0.717, 1.165) is 45.0 Å². The normalized spacial score (nSPS) is 10.7. The lowest BCUT2D eigenvalue weighted by Crippen LogP contribution is -2.13. The molecule has 0 radical (unpaired) electrons. The van der Waals surface area contributed by atoms with E-state index < -0.39 is 0 Å². The van der Waals surface area contributed by atoms with Gasteiger partial charge in [-0.3, -0.25) is 0 Å². The summed E-state index contributed by atoms with van der Waals surface area (Å²) in [6, 6.07) is 20.5. The third-order valence-electron chi connectivity index (χ3n) is 4.67. The monoisotopic (exact) mass is 469 g/mol. The SMILES string of the molecule is CCOc1cc(CNCc2ccccc2OC)cc(Br)c1OCc1cccc(C)c1. The van der Waals surface area contributed by atoms with Gasteiger partial charge in [0.05, 0.1) is 18.2 Å². The molecule has 0 aliphatic heterocycles. The molecule has 0 bridgehead atoms. The van der Waals surface area contributed by atoms with Crippen LogP contribution in [0, 0.1) is 6.92 Å². The molecule has 4 nitrogen and oxygen atoms in total. The Kier molecular flexibility index (Phi) is 8.17. The highest BCUT2D eigenvalue weighted by Crippen LogP contribution is 2.37. The van der Waals surface area contributed by atoms with Gasteiger partial charge in [-0.1, -0.05) is 48.0 Å². The van der Waals surface area contributed by atoms with Crippen LogP contribution in [0.3, 0.4) is 0 Å². The molecule has 5 heteroatoms. The van der Waals surface area contributed by atoms with Gasteiger partial charge in [0.25, 0.3) is 0 Å². The van der Waals surface area contributed by atoms with Crippen LogP contribution in [0.2, 0.25) is 0 Å². The highest BCUT2D eigenvalue weighted by molar-refractivity contribution is 9.10. The van der Waals surface area contributed by atoms with Crippen LogP contribution in [0.1, 0.15) is 29.2 Å². The average molecular weight is 470 g/mol. The predicted octanol–water partition coefficient (Wildman–Crippen LogP) is 6.03. The van der Waals surface area contributed by atoms with Crippen molar-refractivity contribution in [2.24, 2.45) is 0 Å². The maximum absolute atomic E-state index is 6.11. The van der Waals surface area contributed by atoms with Crippen LogP contribution in [0.4, 0.5) is 0 Å². The number of aryl methyl sites for hydroxylation is 1. The highest BCUT2D eigenvalue weighted by Gasteiger charge is 2.13. The van der Waals surface area contributed by atoms with E-state index in [1.807, 2.05) is 37.3 Å². The molecule has 0 aliphatic carbocycles. The summed E-state index contributed by atoms with van der Waals surface area (Å²) < 4.78 is 18.3. The van der Waals surface area contributed by atoms with Gasteiger partial charge in [0.15, 0.2) is 11.5 Å². The van der Waals surface area contributed by atoms with Gasteiger partial charge in [-0.2, -0.15) is 0 Å². The van der Waals surface area contributed by atoms with Crippen molar-refractivity contribution >= 4 is 15.9 Å². The summed E-state index contributed by atoms with van der Waals surface area (Å²) in [5, 5.41) is 3.48. The molecule has 0 saturated carbocycles. The van der Waals surface area contributed by atoms with Gasteiger partial charge < -0.3 is 19.5 Å². The van der Waals surface area contributed by atoms with Crippen molar-refractivity contribution in [2.45, 2.75) is 33.5 Å². The Morgan fingerprint density at radius 1 is 0.867 bits per heavy atom. The Morgan fingerprint density at radius 3 is 2.47 bits per heavy atom. The number of halogens is 1. The van der Waals surface area contributed by atoms with Crippen molar-refractivity contribution in [1.82, 2.24) is 5.32 Å². The molecule has 30 heavy (non-hydrogen) atoms. The van der Waals surface area contributed by atoms with Gasteiger partial charge in [0, 0.05) is 18.7 Å². The maximum Gasteiger partial charge on any atom is 0.175 e. The summed E-state index contributed by atoms with van der Waals surface area (Å²) >= 11 is 3.66. The lowest BCUT2D eigenvalue weighted by atomic mass is 10.1. The Balaban J connectivity index is 1.69. The van der Waals surface area contributed by atoms with Gasteiger partial charge in [-0.05, 0) is 59.1 Å². The predicted molar refractivity (Wildman–Crippen MR) is 124 cm³/mol. The minimum atomic E-state index is 0.492. The highest BCUT2D eigenvalue weighted by atomic mass is 79.9. The number of methoxy groups -OCH3 is 1. The molecule has 3 aromatic rings. The lowest BCUT2D eigenvalue weighted by molar-refractivity contribution is 0.267. The molecule has 1 N–H and O–H groups in total. The zero-order chi connectivity index (χ0) is 21.3. The quantitative estimate of drug-likeness (QED) is 0.393. The van der Waals surface area contributed by atoms with Crippen molar-refractivity contribution in [3.05, 3.63) is 87.4 Å². The van der Waals surface area contributed by atoms with E-state index >= 15 is 0 Å². The number of ether oxygens (including phenoxy) is 3. The smallest absolute Gasteiger partial charge is 0.175 e. The van der Waals surface area contributed by atoms with Crippen LogP contribution < -0.4 is 19.5 Å². The molecule has 0 atom stereocenters. The first-order valence-electron chi connectivity index (χ1n) is 10.1. The largest absolute Gasteiger partial charge is 0.496 e. The van der Waals surface area contributed by atoms with Crippen molar-refractivity contribution in [2.75, 3.05) is 13.7 Å².